The number of hydrogen-bond donors (Lipinski definition) is 1. The number of pyridine rings is 1. The molecule has 0 fully saturated rings. The summed E-state index contributed by atoms with van der Waals surface area (Å²) in [4.78, 5) is 26.0. The van der Waals surface area contributed by atoms with Crippen molar-refractivity contribution < 1.29 is 9.59 Å². The van der Waals surface area contributed by atoms with Gasteiger partial charge in [-0.3, -0.25) is 14.6 Å². The van der Waals surface area contributed by atoms with Gasteiger partial charge in [0.1, 0.15) is 0 Å². The average Bonchev–Trinajstić information content (AvgIpc) is 2.01. The van der Waals surface area contributed by atoms with Crippen molar-refractivity contribution in [2.24, 2.45) is 0 Å². The molecule has 0 bridgehead atoms. The van der Waals surface area contributed by atoms with Gasteiger partial charge in [-0.25, -0.2) is 0 Å². The molecule has 0 saturated carbocycles. The first-order valence-electron chi connectivity index (χ1n) is 4.26. The molecule has 0 aliphatic heterocycles. The molecule has 0 spiro atoms. The van der Waals surface area contributed by atoms with E-state index in [-0.39, 0.29) is 11.7 Å². The van der Waals surface area contributed by atoms with Gasteiger partial charge in [-0.1, -0.05) is 0 Å². The van der Waals surface area contributed by atoms with Crippen LogP contribution in [-0.2, 0) is 4.79 Å². The summed E-state index contributed by atoms with van der Waals surface area (Å²) in [6.07, 6.45) is 1.48. The summed E-state index contributed by atoms with van der Waals surface area (Å²) in [7, 11) is 0. The fourth-order valence-electron chi connectivity index (χ4n) is 1.13. The third-order valence-electron chi connectivity index (χ3n) is 1.73. The molecule has 4 heteroatoms. The lowest BCUT2D eigenvalue weighted by atomic mass is 10.1. The number of carbonyl (C=O) groups is 2. The zero-order chi connectivity index (χ0) is 10.7. The van der Waals surface area contributed by atoms with Crippen molar-refractivity contribution in [2.75, 3.05) is 5.32 Å². The van der Waals surface area contributed by atoms with Crippen LogP contribution >= 0.6 is 0 Å². The second kappa shape index (κ2) is 4.00. The molecular formula is C10H12N2O2. The Hall–Kier alpha value is -1.71. The lowest BCUT2D eigenvalue weighted by molar-refractivity contribution is -0.114. The van der Waals surface area contributed by atoms with E-state index in [1.165, 1.54) is 20.0 Å². The molecule has 1 aromatic rings. The Morgan fingerprint density at radius 2 is 2.00 bits per heavy atom. The number of aromatic nitrogens is 1. The van der Waals surface area contributed by atoms with E-state index < -0.39 is 0 Å². The highest BCUT2D eigenvalue weighted by molar-refractivity contribution is 6.03. The van der Waals surface area contributed by atoms with Gasteiger partial charge in [-0.2, -0.15) is 0 Å². The lowest BCUT2D eigenvalue weighted by Crippen LogP contribution is -2.10. The van der Waals surface area contributed by atoms with Crippen LogP contribution in [0.1, 0.15) is 29.9 Å². The van der Waals surface area contributed by atoms with Crippen LogP contribution in [0.25, 0.3) is 0 Å². The Kier molecular flexibility index (Phi) is 2.96. The predicted octanol–water partition coefficient (Wildman–Crippen LogP) is 1.55. The van der Waals surface area contributed by atoms with Gasteiger partial charge in [-0.15, -0.1) is 0 Å². The maximum atomic E-state index is 11.2. The zero-order valence-corrected chi connectivity index (χ0v) is 8.42. The van der Waals surface area contributed by atoms with Gasteiger partial charge in [0.2, 0.25) is 5.91 Å². The van der Waals surface area contributed by atoms with E-state index in [1.807, 2.05) is 0 Å². The maximum Gasteiger partial charge on any atom is 0.221 e. The van der Waals surface area contributed by atoms with Crippen LogP contribution in [0.4, 0.5) is 5.69 Å². The topological polar surface area (TPSA) is 59.1 Å². The number of anilines is 1. The summed E-state index contributed by atoms with van der Waals surface area (Å²) in [5.74, 6) is -0.306. The highest BCUT2D eigenvalue weighted by Crippen LogP contribution is 2.15. The van der Waals surface area contributed by atoms with Gasteiger partial charge in [0, 0.05) is 18.8 Å². The molecular weight excluding hydrogens is 180 g/mol. The molecule has 0 aliphatic carbocycles. The van der Waals surface area contributed by atoms with Crippen molar-refractivity contribution in [2.45, 2.75) is 20.8 Å². The fraction of sp³-hybridized carbons (Fsp3) is 0.300. The number of rotatable bonds is 2. The number of nitrogens with zero attached hydrogens (tertiary/aromatic N) is 1. The summed E-state index contributed by atoms with van der Waals surface area (Å²) >= 11 is 0. The standard InChI is InChI=1S/C10H12N2O2/c1-6-4-10(12-8(3)14)9(5-11-6)7(2)13/h4-5H,1-3H3,(H,11,12,14). The third kappa shape index (κ3) is 2.39. The summed E-state index contributed by atoms with van der Waals surface area (Å²) in [6.45, 7) is 4.65. The fourth-order valence-corrected chi connectivity index (χ4v) is 1.13. The molecule has 1 amide bonds. The second-order valence-corrected chi connectivity index (χ2v) is 3.11. The normalized spacial score (nSPS) is 9.64. The average molecular weight is 192 g/mol. The molecule has 0 atom stereocenters. The van der Waals surface area contributed by atoms with E-state index in [0.717, 1.165) is 5.69 Å². The molecule has 1 heterocycles. The van der Waals surface area contributed by atoms with Gasteiger partial charge in [0.15, 0.2) is 5.78 Å². The SMILES string of the molecule is CC(=O)Nc1cc(C)ncc1C(C)=O. The number of Topliss-reactive ketones (excluding diaryl/α,β-unsaturated/α-hetero) is 1. The molecule has 1 rings (SSSR count). The molecule has 4 nitrogen and oxygen atoms in total. The highest BCUT2D eigenvalue weighted by atomic mass is 16.1. The summed E-state index contributed by atoms with van der Waals surface area (Å²) in [5, 5.41) is 2.60. The van der Waals surface area contributed by atoms with E-state index in [1.54, 1.807) is 13.0 Å². The van der Waals surface area contributed by atoms with Crippen LogP contribution in [0.5, 0.6) is 0 Å². The predicted molar refractivity (Wildman–Crippen MR) is 53.3 cm³/mol. The molecule has 0 unspecified atom stereocenters. The molecule has 0 saturated heterocycles. The molecule has 1 aromatic heterocycles. The third-order valence-corrected chi connectivity index (χ3v) is 1.73. The Labute approximate surface area is 82.3 Å². The van der Waals surface area contributed by atoms with E-state index in [9.17, 15) is 9.59 Å². The Balaban J connectivity index is 3.15. The number of nitrogens with one attached hydrogen (secondary N) is 1. The Morgan fingerprint density at radius 1 is 1.36 bits per heavy atom. The van der Waals surface area contributed by atoms with Crippen molar-refractivity contribution in [3.63, 3.8) is 0 Å². The number of hydrogen-bond acceptors (Lipinski definition) is 3. The molecule has 0 aromatic carbocycles. The van der Waals surface area contributed by atoms with Crippen molar-refractivity contribution in [3.8, 4) is 0 Å². The molecule has 0 aliphatic rings. The van der Waals surface area contributed by atoms with Gasteiger partial charge in [0.25, 0.3) is 0 Å². The number of ketones is 1. The van der Waals surface area contributed by atoms with Crippen molar-refractivity contribution in [1.29, 1.82) is 0 Å². The van der Waals surface area contributed by atoms with Gasteiger partial charge >= 0.3 is 0 Å². The summed E-state index contributed by atoms with van der Waals surface area (Å²) < 4.78 is 0. The van der Waals surface area contributed by atoms with E-state index >= 15 is 0 Å². The summed E-state index contributed by atoms with van der Waals surface area (Å²) in [5.41, 5.74) is 1.72. The van der Waals surface area contributed by atoms with E-state index in [2.05, 4.69) is 10.3 Å². The highest BCUT2D eigenvalue weighted by Gasteiger charge is 2.08. The van der Waals surface area contributed by atoms with Gasteiger partial charge in [-0.05, 0) is 19.9 Å². The zero-order valence-electron chi connectivity index (χ0n) is 8.42. The minimum Gasteiger partial charge on any atom is -0.326 e. The van der Waals surface area contributed by atoms with Crippen molar-refractivity contribution >= 4 is 17.4 Å². The second-order valence-electron chi connectivity index (χ2n) is 3.11. The molecule has 14 heavy (non-hydrogen) atoms. The van der Waals surface area contributed by atoms with Crippen molar-refractivity contribution in [1.82, 2.24) is 4.98 Å². The lowest BCUT2D eigenvalue weighted by Gasteiger charge is -2.07. The van der Waals surface area contributed by atoms with Crippen LogP contribution < -0.4 is 5.32 Å². The van der Waals surface area contributed by atoms with E-state index in [4.69, 9.17) is 0 Å². The van der Waals surface area contributed by atoms with Crippen LogP contribution in [0.2, 0.25) is 0 Å². The molecule has 0 radical (unpaired) electrons. The van der Waals surface area contributed by atoms with Crippen molar-refractivity contribution in [3.05, 3.63) is 23.5 Å². The minimum atomic E-state index is -0.196. The number of carbonyl (C=O) groups excluding carboxylic acids is 2. The number of amides is 1. The first-order valence-corrected chi connectivity index (χ1v) is 4.26. The van der Waals surface area contributed by atoms with Gasteiger partial charge in [0.05, 0.1) is 11.3 Å². The molecule has 74 valence electrons. The maximum absolute atomic E-state index is 11.2. The van der Waals surface area contributed by atoms with E-state index in [0.29, 0.717) is 11.3 Å². The minimum absolute atomic E-state index is 0.110. The largest absolute Gasteiger partial charge is 0.326 e. The Morgan fingerprint density at radius 3 is 2.50 bits per heavy atom. The van der Waals surface area contributed by atoms with Crippen LogP contribution in [-0.4, -0.2) is 16.7 Å². The Bertz CT molecular complexity index is 386. The first kappa shape index (κ1) is 10.4. The van der Waals surface area contributed by atoms with Crippen LogP contribution in [0, 0.1) is 6.92 Å². The summed E-state index contributed by atoms with van der Waals surface area (Å²) in [6, 6.07) is 1.68. The van der Waals surface area contributed by atoms with Gasteiger partial charge < -0.3 is 5.32 Å². The molecule has 1 N–H and O–H groups in total. The van der Waals surface area contributed by atoms with Crippen LogP contribution in [0.15, 0.2) is 12.3 Å². The monoisotopic (exact) mass is 192 g/mol. The number of aryl methyl sites for hydroxylation is 1. The quantitative estimate of drug-likeness (QED) is 0.723. The first-order chi connectivity index (χ1) is 6.50. The van der Waals surface area contributed by atoms with Crippen LogP contribution in [0.3, 0.4) is 0 Å². The smallest absolute Gasteiger partial charge is 0.221 e.